The Balaban J connectivity index is 1.32. The molecule has 1 atom stereocenters. The van der Waals surface area contributed by atoms with Crippen LogP contribution in [0.1, 0.15) is 44.8 Å². The number of aromatic nitrogens is 2. The first-order valence-corrected chi connectivity index (χ1v) is 11.3. The topological polar surface area (TPSA) is 97.9 Å². The number of aryl methyl sites for hydroxylation is 2. The number of thiophene rings is 1. The summed E-state index contributed by atoms with van der Waals surface area (Å²) in [6.45, 7) is 3.31. The Labute approximate surface area is 193 Å². The number of furan rings is 1. The van der Waals surface area contributed by atoms with Crippen LogP contribution in [-0.2, 0) is 9.53 Å². The van der Waals surface area contributed by atoms with Crippen LogP contribution < -0.4 is 0 Å². The molecule has 1 aliphatic heterocycles. The Hall–Kier alpha value is -3.85. The number of esters is 1. The lowest BCUT2D eigenvalue weighted by Gasteiger charge is -2.19. The van der Waals surface area contributed by atoms with E-state index in [9.17, 15) is 9.59 Å². The predicted molar refractivity (Wildman–Crippen MR) is 123 cm³/mol. The van der Waals surface area contributed by atoms with Gasteiger partial charge in [0.25, 0.3) is 5.91 Å². The molecule has 1 aliphatic rings. The molecule has 0 aliphatic carbocycles. The van der Waals surface area contributed by atoms with Crippen LogP contribution in [0.5, 0.6) is 0 Å². The molecule has 1 amide bonds. The van der Waals surface area contributed by atoms with Crippen LogP contribution in [-0.4, -0.2) is 39.2 Å². The molecule has 0 saturated carbocycles. The molecule has 5 rings (SSSR count). The molecule has 0 fully saturated rings. The lowest BCUT2D eigenvalue weighted by molar-refractivity contribution is -0.136. The molecule has 4 heterocycles. The van der Waals surface area contributed by atoms with Crippen molar-refractivity contribution in [3.63, 3.8) is 0 Å². The van der Waals surface area contributed by atoms with Gasteiger partial charge in [-0.25, -0.2) is 19.8 Å². The monoisotopic (exact) mass is 460 g/mol. The minimum absolute atomic E-state index is 0.305. The van der Waals surface area contributed by atoms with Crippen LogP contribution in [0, 0.1) is 13.8 Å². The number of hydrogen-bond acceptors (Lipinski definition) is 8. The summed E-state index contributed by atoms with van der Waals surface area (Å²) >= 11 is 1.56. The van der Waals surface area contributed by atoms with E-state index in [-0.39, 0.29) is 6.04 Å². The molecule has 0 radical (unpaired) electrons. The zero-order valence-corrected chi connectivity index (χ0v) is 18.8. The summed E-state index contributed by atoms with van der Waals surface area (Å²) in [5, 5.41) is 7.83. The van der Waals surface area contributed by atoms with Crippen molar-refractivity contribution in [3.05, 3.63) is 81.7 Å². The van der Waals surface area contributed by atoms with Crippen LogP contribution in [0.25, 0.3) is 11.0 Å². The number of carbonyl (C=O) groups excluding carboxylic acids is 2. The van der Waals surface area contributed by atoms with E-state index in [2.05, 4.69) is 15.1 Å². The van der Waals surface area contributed by atoms with Gasteiger partial charge in [-0.3, -0.25) is 4.79 Å². The van der Waals surface area contributed by atoms with Crippen molar-refractivity contribution in [3.8, 4) is 0 Å². The van der Waals surface area contributed by atoms with E-state index in [0.29, 0.717) is 28.8 Å². The molecule has 9 heteroatoms. The molecular weight excluding hydrogens is 440 g/mol. The molecule has 0 saturated heterocycles. The summed E-state index contributed by atoms with van der Waals surface area (Å²) in [4.78, 5) is 35.5. The molecule has 33 heavy (non-hydrogen) atoms. The fourth-order valence-electron chi connectivity index (χ4n) is 3.67. The number of rotatable bonds is 5. The third kappa shape index (κ3) is 4.14. The second-order valence-corrected chi connectivity index (χ2v) is 8.62. The molecule has 0 bridgehead atoms. The van der Waals surface area contributed by atoms with Gasteiger partial charge in [-0.2, -0.15) is 5.10 Å². The molecule has 1 aromatic carbocycles. The molecule has 0 spiro atoms. The second kappa shape index (κ2) is 8.59. The lowest BCUT2D eigenvalue weighted by atomic mass is 10.1. The number of benzene rings is 1. The lowest BCUT2D eigenvalue weighted by Crippen LogP contribution is -2.31. The molecule has 0 N–H and O–H groups in total. The highest BCUT2D eigenvalue weighted by Gasteiger charge is 2.35. The minimum Gasteiger partial charge on any atom is -0.467 e. The Kier molecular flexibility index (Phi) is 5.47. The van der Waals surface area contributed by atoms with Crippen LogP contribution in [0.2, 0.25) is 0 Å². The van der Waals surface area contributed by atoms with E-state index >= 15 is 0 Å². The fraction of sp³-hybridized carbons (Fsp3) is 0.208. The summed E-state index contributed by atoms with van der Waals surface area (Å²) < 4.78 is 10.9. The Bertz CT molecular complexity index is 1360. The number of fused-ring (bicyclic) bond motifs is 1. The van der Waals surface area contributed by atoms with Crippen molar-refractivity contribution >= 4 is 40.0 Å². The van der Waals surface area contributed by atoms with Gasteiger partial charge in [0, 0.05) is 6.42 Å². The Morgan fingerprint density at radius 3 is 2.67 bits per heavy atom. The normalized spacial score (nSPS) is 15.6. The zero-order valence-electron chi connectivity index (χ0n) is 18.0. The number of ether oxygens (including phenoxy) is 1. The first kappa shape index (κ1) is 21.0. The standard InChI is InChI=1S/C24H20N4O4S/c1-14-15(2)26-18-11-16(7-8-17(18)25-14)24(30)32-13-23(29)28-20(21-5-3-9-31-21)12-19(27-28)22-6-4-10-33-22/h3-11,20H,12-13H2,1-2H3. The largest absolute Gasteiger partial charge is 0.467 e. The quantitative estimate of drug-likeness (QED) is 0.409. The minimum atomic E-state index is -0.610. The van der Waals surface area contributed by atoms with Gasteiger partial charge in [0.1, 0.15) is 11.8 Å². The number of carbonyl (C=O) groups is 2. The molecule has 166 valence electrons. The number of hydrogen-bond donors (Lipinski definition) is 0. The third-order valence-electron chi connectivity index (χ3n) is 5.48. The maximum atomic E-state index is 13.0. The highest BCUT2D eigenvalue weighted by Crippen LogP contribution is 2.34. The second-order valence-electron chi connectivity index (χ2n) is 7.67. The first-order valence-electron chi connectivity index (χ1n) is 10.4. The number of hydrazone groups is 1. The van der Waals surface area contributed by atoms with E-state index < -0.39 is 18.5 Å². The van der Waals surface area contributed by atoms with Gasteiger partial charge in [0.15, 0.2) is 6.61 Å². The smallest absolute Gasteiger partial charge is 0.338 e. The predicted octanol–water partition coefficient (Wildman–Crippen LogP) is 4.44. The SMILES string of the molecule is Cc1nc2ccc(C(=O)OCC(=O)N3N=C(c4cccs4)CC3c3ccco3)cc2nc1C. The Morgan fingerprint density at radius 1 is 1.12 bits per heavy atom. The first-order chi connectivity index (χ1) is 16.0. The van der Waals surface area contributed by atoms with Crippen LogP contribution in [0.4, 0.5) is 0 Å². The van der Waals surface area contributed by atoms with Crippen molar-refractivity contribution in [2.75, 3.05) is 6.61 Å². The highest BCUT2D eigenvalue weighted by atomic mass is 32.1. The maximum absolute atomic E-state index is 13.0. The summed E-state index contributed by atoms with van der Waals surface area (Å²) in [5.74, 6) is -0.409. The van der Waals surface area contributed by atoms with Gasteiger partial charge >= 0.3 is 5.97 Å². The summed E-state index contributed by atoms with van der Waals surface area (Å²) in [5.41, 5.74) is 4.02. The summed E-state index contributed by atoms with van der Waals surface area (Å²) in [6.07, 6.45) is 2.09. The van der Waals surface area contributed by atoms with Gasteiger partial charge in [-0.15, -0.1) is 11.3 Å². The van der Waals surface area contributed by atoms with E-state index in [4.69, 9.17) is 9.15 Å². The maximum Gasteiger partial charge on any atom is 0.338 e. The van der Waals surface area contributed by atoms with E-state index in [1.165, 1.54) is 5.01 Å². The van der Waals surface area contributed by atoms with E-state index in [1.54, 1.807) is 41.9 Å². The van der Waals surface area contributed by atoms with Gasteiger partial charge in [0.2, 0.25) is 0 Å². The van der Waals surface area contributed by atoms with Crippen molar-refractivity contribution < 1.29 is 18.7 Å². The van der Waals surface area contributed by atoms with Crippen molar-refractivity contribution in [2.24, 2.45) is 5.10 Å². The average molecular weight is 461 g/mol. The fourth-order valence-corrected chi connectivity index (χ4v) is 4.39. The molecular formula is C24H20N4O4S. The third-order valence-corrected chi connectivity index (χ3v) is 6.40. The van der Waals surface area contributed by atoms with Gasteiger partial charge in [-0.05, 0) is 55.6 Å². The van der Waals surface area contributed by atoms with Crippen LogP contribution in [0.15, 0.2) is 63.6 Å². The zero-order chi connectivity index (χ0) is 22.9. The van der Waals surface area contributed by atoms with Gasteiger partial charge in [-0.1, -0.05) is 6.07 Å². The molecule has 8 nitrogen and oxygen atoms in total. The van der Waals surface area contributed by atoms with Gasteiger partial charge < -0.3 is 9.15 Å². The molecule has 4 aromatic rings. The highest BCUT2D eigenvalue weighted by molar-refractivity contribution is 7.12. The van der Waals surface area contributed by atoms with Crippen molar-refractivity contribution in [1.82, 2.24) is 15.0 Å². The summed E-state index contributed by atoms with van der Waals surface area (Å²) in [7, 11) is 0. The van der Waals surface area contributed by atoms with Crippen LogP contribution >= 0.6 is 11.3 Å². The van der Waals surface area contributed by atoms with E-state index in [1.807, 2.05) is 37.4 Å². The number of amides is 1. The molecule has 3 aromatic heterocycles. The van der Waals surface area contributed by atoms with Crippen molar-refractivity contribution in [1.29, 1.82) is 0 Å². The van der Waals surface area contributed by atoms with Crippen molar-refractivity contribution in [2.45, 2.75) is 26.3 Å². The number of nitrogens with zero attached hydrogens (tertiary/aromatic N) is 4. The van der Waals surface area contributed by atoms with Crippen LogP contribution in [0.3, 0.4) is 0 Å². The van der Waals surface area contributed by atoms with E-state index in [0.717, 1.165) is 22.0 Å². The molecule has 1 unspecified atom stereocenters. The summed E-state index contributed by atoms with van der Waals surface area (Å²) in [6, 6.07) is 12.1. The average Bonchev–Trinajstić information content (AvgIpc) is 3.58. The Morgan fingerprint density at radius 2 is 1.94 bits per heavy atom. The van der Waals surface area contributed by atoms with Gasteiger partial charge in [0.05, 0.1) is 44.8 Å².